The molecule has 1 saturated heterocycles. The van der Waals surface area contributed by atoms with Crippen LogP contribution in [0.5, 0.6) is 23.0 Å². The third kappa shape index (κ3) is 9.97. The van der Waals surface area contributed by atoms with Gasteiger partial charge in [-0.3, -0.25) is 4.79 Å². The van der Waals surface area contributed by atoms with Crippen molar-refractivity contribution in [1.29, 1.82) is 0 Å². The molecule has 17 nitrogen and oxygen atoms in total. The summed E-state index contributed by atoms with van der Waals surface area (Å²) < 4.78 is 32.2. The number of hydrogen-bond donors (Lipinski definition) is 8. The van der Waals surface area contributed by atoms with Gasteiger partial charge in [-0.1, -0.05) is 18.2 Å². The van der Waals surface area contributed by atoms with E-state index in [0.29, 0.717) is 11.1 Å². The van der Waals surface area contributed by atoms with Crippen molar-refractivity contribution in [3.63, 3.8) is 0 Å². The Labute approximate surface area is 290 Å². The third-order valence-electron chi connectivity index (χ3n) is 7.91. The summed E-state index contributed by atoms with van der Waals surface area (Å²) in [4.78, 5) is 37.9. The van der Waals surface area contributed by atoms with E-state index in [1.165, 1.54) is 48.6 Å². The zero-order valence-corrected chi connectivity index (χ0v) is 27.1. The van der Waals surface area contributed by atoms with Crippen LogP contribution >= 0.6 is 0 Å². The minimum Gasteiger partial charge on any atom is -0.504 e. The summed E-state index contributed by atoms with van der Waals surface area (Å²) >= 11 is 0. The van der Waals surface area contributed by atoms with Gasteiger partial charge in [0.25, 0.3) is 0 Å². The zero-order chi connectivity index (χ0) is 37.2. The quantitative estimate of drug-likeness (QED) is 0.0446. The molecule has 8 N–H and O–H groups in total. The van der Waals surface area contributed by atoms with Crippen LogP contribution in [0.15, 0.2) is 66.0 Å². The van der Waals surface area contributed by atoms with Gasteiger partial charge in [-0.2, -0.15) is 0 Å². The number of esters is 3. The normalized spacial score (nSPS) is 25.5. The van der Waals surface area contributed by atoms with Gasteiger partial charge in [-0.05, 0) is 41.5 Å². The van der Waals surface area contributed by atoms with Crippen molar-refractivity contribution in [2.45, 2.75) is 49.8 Å². The van der Waals surface area contributed by atoms with Crippen LogP contribution in [-0.4, -0.2) is 123 Å². The summed E-state index contributed by atoms with van der Waals surface area (Å²) in [6.07, 6.45) is -6.04. The number of ether oxygens (including phenoxy) is 6. The summed E-state index contributed by atoms with van der Waals surface area (Å²) in [5.41, 5.74) is 0.796. The number of phenols is 4. The largest absolute Gasteiger partial charge is 0.504 e. The van der Waals surface area contributed by atoms with E-state index in [1.807, 2.05) is 0 Å². The van der Waals surface area contributed by atoms with Crippen molar-refractivity contribution in [2.24, 2.45) is 5.92 Å². The molecule has 4 rings (SSSR count). The number of methoxy groups -OCH3 is 1. The molecule has 2 aliphatic rings. The van der Waals surface area contributed by atoms with E-state index in [2.05, 4.69) is 0 Å². The highest BCUT2D eigenvalue weighted by molar-refractivity contribution is 5.91. The summed E-state index contributed by atoms with van der Waals surface area (Å²) in [6, 6.07) is 7.94. The van der Waals surface area contributed by atoms with E-state index < -0.39 is 86.2 Å². The predicted octanol–water partition coefficient (Wildman–Crippen LogP) is 0.0137. The average Bonchev–Trinajstić information content (AvgIpc) is 3.10. The summed E-state index contributed by atoms with van der Waals surface area (Å²) in [7, 11) is 1.10. The molecule has 0 spiro atoms. The molecule has 1 fully saturated rings. The Balaban J connectivity index is 1.43. The number of hydrogen-bond acceptors (Lipinski definition) is 17. The zero-order valence-electron chi connectivity index (χ0n) is 27.1. The van der Waals surface area contributed by atoms with Crippen LogP contribution in [0, 0.1) is 5.92 Å². The van der Waals surface area contributed by atoms with Gasteiger partial charge in [0.15, 0.2) is 29.3 Å². The number of carbonyl (C=O) groups excluding carboxylic acids is 3. The maximum Gasteiger partial charge on any atom is 0.337 e. The molecule has 0 aromatic heterocycles. The first kappa shape index (κ1) is 38.6. The van der Waals surface area contributed by atoms with Gasteiger partial charge in [-0.15, -0.1) is 0 Å². The number of phenolic OH excluding ortho intramolecular Hbond substituents is 4. The molecule has 2 heterocycles. The van der Waals surface area contributed by atoms with Crippen molar-refractivity contribution in [1.82, 2.24) is 0 Å². The lowest BCUT2D eigenvalue weighted by Gasteiger charge is -2.42. The number of rotatable bonds is 13. The highest BCUT2D eigenvalue weighted by Crippen LogP contribution is 2.36. The average molecular weight is 719 g/mol. The standard InChI is InChI=1S/C34H38O17/c1-46-32(45)21-15-49-33(19(8-10-35)20(21)14-28(41)47-11-9-18-3-6-23(37)25(39)13-18)51-34-31(44)30(43)29(42)26(50-34)16-48-27(40)7-4-17-2-5-22(36)24(38)12-17/h2-8,12-13,15,20,26,29-31,33-39,42-44H,9-11,14,16H2,1H3. The van der Waals surface area contributed by atoms with Gasteiger partial charge in [0.05, 0.1) is 38.6 Å². The van der Waals surface area contributed by atoms with E-state index in [9.17, 15) is 55.2 Å². The van der Waals surface area contributed by atoms with Crippen molar-refractivity contribution in [3.8, 4) is 23.0 Å². The Morgan fingerprint density at radius 1 is 0.882 bits per heavy atom. The molecule has 276 valence electrons. The van der Waals surface area contributed by atoms with E-state index in [0.717, 1.165) is 19.4 Å². The first-order valence-electron chi connectivity index (χ1n) is 15.5. The van der Waals surface area contributed by atoms with Crippen molar-refractivity contribution in [3.05, 3.63) is 77.1 Å². The molecule has 0 aliphatic carbocycles. The van der Waals surface area contributed by atoms with Gasteiger partial charge >= 0.3 is 17.9 Å². The number of aliphatic hydroxyl groups is 4. The van der Waals surface area contributed by atoms with Crippen molar-refractivity contribution >= 4 is 24.0 Å². The third-order valence-corrected chi connectivity index (χ3v) is 7.91. The Hall–Kier alpha value is -5.17. The topological polar surface area (TPSA) is 268 Å². The van der Waals surface area contributed by atoms with Crippen LogP contribution in [0.1, 0.15) is 17.5 Å². The van der Waals surface area contributed by atoms with Crippen LogP contribution in [0.25, 0.3) is 6.08 Å². The van der Waals surface area contributed by atoms with Crippen LogP contribution in [-0.2, 0) is 49.2 Å². The molecule has 2 aromatic rings. The Morgan fingerprint density at radius 3 is 2.25 bits per heavy atom. The molecule has 17 heteroatoms. The highest BCUT2D eigenvalue weighted by atomic mass is 16.8. The minimum atomic E-state index is -1.87. The Kier molecular flexibility index (Phi) is 13.4. The van der Waals surface area contributed by atoms with Crippen LogP contribution in [0.4, 0.5) is 0 Å². The fraction of sp³-hybridized carbons (Fsp3) is 0.382. The van der Waals surface area contributed by atoms with Crippen molar-refractivity contribution in [2.75, 3.05) is 26.9 Å². The molecule has 0 saturated carbocycles. The SMILES string of the molecule is COC(=O)C1=COC(OC2OC(COC(=O)C=Cc3ccc(O)c(O)c3)C(O)C(O)C2O)C(=CCO)C1CC(=O)OCCc1ccc(O)c(O)c1. The first-order chi connectivity index (χ1) is 24.3. The second-order valence-electron chi connectivity index (χ2n) is 11.3. The summed E-state index contributed by atoms with van der Waals surface area (Å²) in [6.45, 7) is -1.37. The molecule has 7 unspecified atom stereocenters. The van der Waals surface area contributed by atoms with Gasteiger partial charge < -0.3 is 69.3 Å². The molecule has 51 heavy (non-hydrogen) atoms. The van der Waals surface area contributed by atoms with Crippen molar-refractivity contribution < 1.29 is 83.7 Å². The lowest BCUT2D eigenvalue weighted by atomic mass is 9.86. The van der Waals surface area contributed by atoms with Gasteiger partial charge in [0, 0.05) is 24.0 Å². The van der Waals surface area contributed by atoms with E-state index in [-0.39, 0.29) is 41.4 Å². The maximum absolute atomic E-state index is 12.9. The van der Waals surface area contributed by atoms with Gasteiger partial charge in [-0.25, -0.2) is 9.59 Å². The number of aliphatic hydroxyl groups excluding tert-OH is 4. The monoisotopic (exact) mass is 718 g/mol. The van der Waals surface area contributed by atoms with Crippen LogP contribution in [0.3, 0.4) is 0 Å². The molecular formula is C34H38O17. The maximum atomic E-state index is 12.9. The lowest BCUT2D eigenvalue weighted by molar-refractivity contribution is -0.328. The van der Waals surface area contributed by atoms with Crippen LogP contribution < -0.4 is 0 Å². The van der Waals surface area contributed by atoms with Gasteiger partial charge in [0.1, 0.15) is 31.0 Å². The molecule has 2 aliphatic heterocycles. The second kappa shape index (κ2) is 17.7. The fourth-order valence-electron chi connectivity index (χ4n) is 5.17. The smallest absolute Gasteiger partial charge is 0.337 e. The first-order valence-corrected chi connectivity index (χ1v) is 15.5. The molecule has 0 radical (unpaired) electrons. The highest BCUT2D eigenvalue weighted by Gasteiger charge is 2.47. The second-order valence-corrected chi connectivity index (χ2v) is 11.3. The predicted molar refractivity (Wildman–Crippen MR) is 170 cm³/mol. The molecule has 2 aromatic carbocycles. The van der Waals surface area contributed by atoms with E-state index >= 15 is 0 Å². The van der Waals surface area contributed by atoms with E-state index in [1.54, 1.807) is 0 Å². The van der Waals surface area contributed by atoms with Gasteiger partial charge in [0.2, 0.25) is 6.29 Å². The van der Waals surface area contributed by atoms with Crippen LogP contribution in [0.2, 0.25) is 0 Å². The summed E-state index contributed by atoms with van der Waals surface area (Å²) in [5, 5.41) is 79.7. The Bertz CT molecular complexity index is 1650. The fourth-order valence-corrected chi connectivity index (χ4v) is 5.17. The lowest BCUT2D eigenvalue weighted by Crippen LogP contribution is -2.60. The number of carbonyl (C=O) groups is 3. The molecular weight excluding hydrogens is 680 g/mol. The molecule has 7 atom stereocenters. The Morgan fingerprint density at radius 2 is 1.59 bits per heavy atom. The minimum absolute atomic E-state index is 0.0191. The summed E-state index contributed by atoms with van der Waals surface area (Å²) in [5.74, 6) is -5.12. The molecule has 0 amide bonds. The molecule has 0 bridgehead atoms. The van der Waals surface area contributed by atoms with E-state index in [4.69, 9.17) is 28.4 Å². The number of aromatic hydroxyl groups is 4. The number of benzene rings is 2.